The summed E-state index contributed by atoms with van der Waals surface area (Å²) >= 11 is 0. The number of para-hydroxylation sites is 1. The molecule has 31 heavy (non-hydrogen) atoms. The molecule has 0 aliphatic carbocycles. The monoisotopic (exact) mass is 411 g/mol. The molecule has 2 aromatic carbocycles. The Kier molecular flexibility index (Phi) is 5.59. The van der Waals surface area contributed by atoms with Gasteiger partial charge in [0.15, 0.2) is 0 Å². The molecule has 4 aromatic rings. The zero-order chi connectivity index (χ0) is 21.8. The number of fused-ring (bicyclic) bond motifs is 1. The maximum atomic E-state index is 12.3. The minimum atomic E-state index is -0.448. The lowest BCUT2D eigenvalue weighted by Gasteiger charge is -2.12. The van der Waals surface area contributed by atoms with Crippen LogP contribution in [-0.4, -0.2) is 33.5 Å². The number of rotatable bonds is 5. The molecule has 1 amide bonds. The number of aromatic nitrogens is 2. The predicted octanol–water partition coefficient (Wildman–Crippen LogP) is 3.72. The largest absolute Gasteiger partial charge is 0.465 e. The highest BCUT2D eigenvalue weighted by Crippen LogP contribution is 2.21. The van der Waals surface area contributed by atoms with E-state index in [0.717, 1.165) is 16.5 Å². The Morgan fingerprint density at radius 1 is 1.10 bits per heavy atom. The van der Waals surface area contributed by atoms with E-state index in [2.05, 4.69) is 18.0 Å². The topological polar surface area (TPSA) is 56.5 Å². The van der Waals surface area contributed by atoms with E-state index in [1.54, 1.807) is 12.1 Å². The third kappa shape index (κ3) is 4.07. The standard InChI is InChI=1S/C25H21N3O3/c1-26-14-10-21-16-19(8-9-23(21)26)17-27(18-29)15-11-20-6-5-7-22(25(30)31-2)24(20)28-12-3-4-13-28/h3-10,12-14,16,18H,17H2,1-2H3. The van der Waals surface area contributed by atoms with E-state index in [1.165, 1.54) is 12.0 Å². The van der Waals surface area contributed by atoms with Crippen LogP contribution in [0, 0.1) is 12.0 Å². The lowest BCUT2D eigenvalue weighted by atomic mass is 10.1. The molecule has 154 valence electrons. The van der Waals surface area contributed by atoms with Gasteiger partial charge < -0.3 is 13.9 Å². The number of ether oxygens (including phenoxy) is 1. The van der Waals surface area contributed by atoms with Crippen molar-refractivity contribution in [1.29, 1.82) is 0 Å². The van der Waals surface area contributed by atoms with Crippen molar-refractivity contribution >= 4 is 23.3 Å². The molecule has 0 bridgehead atoms. The summed E-state index contributed by atoms with van der Waals surface area (Å²) in [6.07, 6.45) is 6.38. The van der Waals surface area contributed by atoms with Crippen molar-refractivity contribution in [3.8, 4) is 17.7 Å². The molecular formula is C25H21N3O3. The van der Waals surface area contributed by atoms with Gasteiger partial charge in [-0.2, -0.15) is 0 Å². The fourth-order valence-corrected chi connectivity index (χ4v) is 3.54. The quantitative estimate of drug-likeness (QED) is 0.218. The lowest BCUT2D eigenvalue weighted by Crippen LogP contribution is -2.15. The molecule has 0 atom stereocenters. The van der Waals surface area contributed by atoms with Crippen molar-refractivity contribution in [1.82, 2.24) is 14.0 Å². The number of aryl methyl sites for hydroxylation is 1. The van der Waals surface area contributed by atoms with Gasteiger partial charge in [-0.05, 0) is 59.3 Å². The van der Waals surface area contributed by atoms with Gasteiger partial charge in [-0.1, -0.05) is 12.1 Å². The van der Waals surface area contributed by atoms with Gasteiger partial charge in [0, 0.05) is 37.2 Å². The number of hydrogen-bond acceptors (Lipinski definition) is 3. The van der Waals surface area contributed by atoms with Crippen LogP contribution in [0.3, 0.4) is 0 Å². The molecule has 0 N–H and O–H groups in total. The van der Waals surface area contributed by atoms with Gasteiger partial charge in [-0.3, -0.25) is 9.69 Å². The first-order chi connectivity index (χ1) is 15.1. The van der Waals surface area contributed by atoms with Gasteiger partial charge in [-0.25, -0.2) is 4.79 Å². The normalized spacial score (nSPS) is 10.4. The molecule has 2 heterocycles. The third-order valence-electron chi connectivity index (χ3n) is 5.07. The predicted molar refractivity (Wildman–Crippen MR) is 119 cm³/mol. The van der Waals surface area contributed by atoms with E-state index in [1.807, 2.05) is 71.2 Å². The molecule has 6 nitrogen and oxygen atoms in total. The van der Waals surface area contributed by atoms with Crippen LogP contribution in [0.2, 0.25) is 0 Å². The van der Waals surface area contributed by atoms with Crippen LogP contribution in [0.4, 0.5) is 0 Å². The Hall–Kier alpha value is -4.24. The van der Waals surface area contributed by atoms with Crippen LogP contribution >= 0.6 is 0 Å². The summed E-state index contributed by atoms with van der Waals surface area (Å²) in [7, 11) is 3.34. The number of amides is 1. The van der Waals surface area contributed by atoms with Crippen molar-refractivity contribution in [3.05, 3.63) is 89.9 Å². The van der Waals surface area contributed by atoms with E-state index >= 15 is 0 Å². The number of nitrogens with zero attached hydrogens (tertiary/aromatic N) is 3. The molecule has 0 spiro atoms. The average molecular weight is 411 g/mol. The summed E-state index contributed by atoms with van der Waals surface area (Å²) in [5.74, 6) is 2.60. The molecule has 0 saturated heterocycles. The van der Waals surface area contributed by atoms with Crippen molar-refractivity contribution in [2.45, 2.75) is 6.54 Å². The van der Waals surface area contributed by atoms with Gasteiger partial charge in [0.05, 0.1) is 30.5 Å². The zero-order valence-electron chi connectivity index (χ0n) is 17.3. The number of methoxy groups -OCH3 is 1. The van der Waals surface area contributed by atoms with Crippen LogP contribution in [0.1, 0.15) is 21.5 Å². The molecule has 0 saturated carbocycles. The fourth-order valence-electron chi connectivity index (χ4n) is 3.54. The highest BCUT2D eigenvalue weighted by molar-refractivity contribution is 5.94. The Morgan fingerprint density at radius 3 is 2.65 bits per heavy atom. The summed E-state index contributed by atoms with van der Waals surface area (Å²) in [6.45, 7) is 0.358. The van der Waals surface area contributed by atoms with Crippen LogP contribution in [0.15, 0.2) is 73.2 Å². The highest BCUT2D eigenvalue weighted by Gasteiger charge is 2.16. The lowest BCUT2D eigenvalue weighted by molar-refractivity contribution is -0.115. The van der Waals surface area contributed by atoms with Crippen molar-refractivity contribution in [2.75, 3.05) is 7.11 Å². The maximum Gasteiger partial charge on any atom is 0.340 e. The summed E-state index contributed by atoms with van der Waals surface area (Å²) in [4.78, 5) is 25.3. The number of esters is 1. The Morgan fingerprint density at radius 2 is 1.90 bits per heavy atom. The average Bonchev–Trinajstić information content (AvgIpc) is 3.46. The number of benzene rings is 2. The minimum absolute atomic E-state index is 0.358. The van der Waals surface area contributed by atoms with Crippen LogP contribution in [0.25, 0.3) is 16.6 Å². The van der Waals surface area contributed by atoms with E-state index in [9.17, 15) is 9.59 Å². The molecule has 0 radical (unpaired) electrons. The second-order valence-corrected chi connectivity index (χ2v) is 7.07. The first kappa shape index (κ1) is 20.0. The van der Waals surface area contributed by atoms with Crippen molar-refractivity contribution in [3.63, 3.8) is 0 Å². The van der Waals surface area contributed by atoms with Crippen molar-refractivity contribution < 1.29 is 14.3 Å². The van der Waals surface area contributed by atoms with Gasteiger partial charge in [0.2, 0.25) is 6.41 Å². The van der Waals surface area contributed by atoms with Crippen LogP contribution in [0.5, 0.6) is 0 Å². The van der Waals surface area contributed by atoms with Crippen LogP contribution < -0.4 is 0 Å². The summed E-state index contributed by atoms with van der Waals surface area (Å²) in [5.41, 5.74) is 3.74. The second-order valence-electron chi connectivity index (χ2n) is 7.07. The second kappa shape index (κ2) is 8.64. The Balaban J connectivity index is 1.67. The summed E-state index contributed by atoms with van der Waals surface area (Å²) < 4.78 is 8.78. The van der Waals surface area contributed by atoms with Gasteiger partial charge in [0.1, 0.15) is 0 Å². The van der Waals surface area contributed by atoms with Gasteiger partial charge in [-0.15, -0.1) is 0 Å². The molecule has 0 aliphatic heterocycles. The minimum Gasteiger partial charge on any atom is -0.465 e. The molecule has 2 aromatic heterocycles. The first-order valence-corrected chi connectivity index (χ1v) is 9.73. The number of carbonyl (C=O) groups excluding carboxylic acids is 2. The van der Waals surface area contributed by atoms with E-state index in [-0.39, 0.29) is 0 Å². The van der Waals surface area contributed by atoms with Gasteiger partial charge >= 0.3 is 5.97 Å². The summed E-state index contributed by atoms with van der Waals surface area (Å²) in [6, 6.07) is 20.0. The van der Waals surface area contributed by atoms with E-state index in [0.29, 0.717) is 29.8 Å². The Bertz CT molecular complexity index is 1310. The SMILES string of the molecule is COC(=O)c1cccc(C#CN(C=O)Cc2ccc3c(ccn3C)c2)c1-n1cccc1. The molecule has 0 unspecified atom stereocenters. The maximum absolute atomic E-state index is 12.3. The molecule has 6 heteroatoms. The highest BCUT2D eigenvalue weighted by atomic mass is 16.5. The van der Waals surface area contributed by atoms with Gasteiger partial charge in [0.25, 0.3) is 0 Å². The summed E-state index contributed by atoms with van der Waals surface area (Å²) in [5, 5.41) is 1.11. The van der Waals surface area contributed by atoms with E-state index in [4.69, 9.17) is 4.74 Å². The Labute approximate surface area is 180 Å². The smallest absolute Gasteiger partial charge is 0.340 e. The van der Waals surface area contributed by atoms with E-state index < -0.39 is 5.97 Å². The number of carbonyl (C=O) groups is 2. The van der Waals surface area contributed by atoms with Crippen molar-refractivity contribution in [2.24, 2.45) is 7.05 Å². The molecule has 4 rings (SSSR count). The first-order valence-electron chi connectivity index (χ1n) is 9.73. The fraction of sp³-hybridized carbons (Fsp3) is 0.120. The molecular weight excluding hydrogens is 390 g/mol. The van der Waals surface area contributed by atoms with Crippen LogP contribution in [-0.2, 0) is 23.1 Å². The zero-order valence-corrected chi connectivity index (χ0v) is 17.3. The third-order valence-corrected chi connectivity index (χ3v) is 5.07. The molecule has 0 aliphatic rings. The molecule has 0 fully saturated rings. The number of hydrogen-bond donors (Lipinski definition) is 0.